The van der Waals surface area contributed by atoms with Gasteiger partial charge in [0.25, 0.3) is 0 Å². The predicted octanol–water partition coefficient (Wildman–Crippen LogP) is 5.54. The zero-order chi connectivity index (χ0) is 15.1. The van der Waals surface area contributed by atoms with E-state index in [2.05, 4.69) is 12.2 Å². The maximum atomic E-state index is 14.2. The van der Waals surface area contributed by atoms with Gasteiger partial charge in [-0.15, -0.1) is 0 Å². The third-order valence-electron chi connectivity index (χ3n) is 4.76. The molecule has 1 nitrogen and oxygen atoms in total. The Hall–Kier alpha value is -0.890. The zero-order valence-corrected chi connectivity index (χ0v) is 13.6. The van der Waals surface area contributed by atoms with Crippen LogP contribution in [0.2, 0.25) is 0 Å². The van der Waals surface area contributed by atoms with Crippen LogP contribution in [0.3, 0.4) is 0 Å². The van der Waals surface area contributed by atoms with Crippen LogP contribution < -0.4 is 5.32 Å². The highest BCUT2D eigenvalue weighted by Gasteiger charge is 2.19. The van der Waals surface area contributed by atoms with Gasteiger partial charge in [0.1, 0.15) is 5.82 Å². The van der Waals surface area contributed by atoms with Crippen molar-refractivity contribution in [2.24, 2.45) is 5.92 Å². The van der Waals surface area contributed by atoms with Gasteiger partial charge in [-0.2, -0.15) is 0 Å². The van der Waals surface area contributed by atoms with E-state index in [-0.39, 0.29) is 11.9 Å². The lowest BCUT2D eigenvalue weighted by atomic mass is 9.84. The number of benzene rings is 1. The Kier molecular flexibility index (Phi) is 6.69. The van der Waals surface area contributed by atoms with Crippen molar-refractivity contribution in [1.82, 2.24) is 5.32 Å². The number of halogens is 1. The summed E-state index contributed by atoms with van der Waals surface area (Å²) in [5.74, 6) is 0.801. The topological polar surface area (TPSA) is 12.0 Å². The normalized spacial score (nSPS) is 17.9. The number of aryl methyl sites for hydroxylation is 1. The van der Waals surface area contributed by atoms with Crippen LogP contribution in [-0.2, 0) is 0 Å². The first-order valence-corrected chi connectivity index (χ1v) is 8.70. The molecule has 1 aromatic rings. The van der Waals surface area contributed by atoms with Crippen LogP contribution in [0, 0.1) is 18.7 Å². The summed E-state index contributed by atoms with van der Waals surface area (Å²) in [6.07, 6.45) is 10.3. The van der Waals surface area contributed by atoms with Crippen LogP contribution in [-0.4, -0.2) is 6.54 Å². The summed E-state index contributed by atoms with van der Waals surface area (Å²) in [6.45, 7) is 5.17. The number of nitrogens with one attached hydrogen (secondary N) is 1. The lowest BCUT2D eigenvalue weighted by Gasteiger charge is -2.25. The molecule has 1 saturated carbocycles. The molecule has 21 heavy (non-hydrogen) atoms. The van der Waals surface area contributed by atoms with Crippen LogP contribution in [0.4, 0.5) is 4.39 Å². The Labute approximate surface area is 129 Å². The van der Waals surface area contributed by atoms with E-state index in [1.54, 1.807) is 6.07 Å². The van der Waals surface area contributed by atoms with Crippen molar-refractivity contribution < 1.29 is 4.39 Å². The molecule has 0 saturated heterocycles. The second kappa shape index (κ2) is 8.53. The molecule has 0 aromatic heterocycles. The predicted molar refractivity (Wildman–Crippen MR) is 88.0 cm³/mol. The second-order valence-corrected chi connectivity index (χ2v) is 6.61. The van der Waals surface area contributed by atoms with E-state index >= 15 is 0 Å². The van der Waals surface area contributed by atoms with Gasteiger partial charge in [0, 0.05) is 11.6 Å². The van der Waals surface area contributed by atoms with Crippen LogP contribution in [0.15, 0.2) is 18.2 Å². The van der Waals surface area contributed by atoms with Gasteiger partial charge in [-0.1, -0.05) is 56.7 Å². The largest absolute Gasteiger partial charge is 0.310 e. The molecule has 118 valence electrons. The molecule has 1 aliphatic carbocycles. The summed E-state index contributed by atoms with van der Waals surface area (Å²) in [7, 11) is 0. The fourth-order valence-electron chi connectivity index (χ4n) is 3.49. The maximum Gasteiger partial charge on any atom is 0.127 e. The van der Waals surface area contributed by atoms with Crippen molar-refractivity contribution in [3.63, 3.8) is 0 Å². The SMILES string of the molecule is CCCNC(CCC1CCCCC1)c1cc(C)ccc1F. The summed E-state index contributed by atoms with van der Waals surface area (Å²) >= 11 is 0. The number of hydrogen-bond donors (Lipinski definition) is 1. The molecule has 2 rings (SSSR count). The molecule has 1 N–H and O–H groups in total. The van der Waals surface area contributed by atoms with Gasteiger partial charge in [0.2, 0.25) is 0 Å². The smallest absolute Gasteiger partial charge is 0.127 e. The van der Waals surface area contributed by atoms with E-state index in [0.29, 0.717) is 0 Å². The van der Waals surface area contributed by atoms with E-state index in [9.17, 15) is 4.39 Å². The molecular weight excluding hydrogens is 261 g/mol. The van der Waals surface area contributed by atoms with Gasteiger partial charge in [-0.3, -0.25) is 0 Å². The molecule has 0 radical (unpaired) electrons. The minimum atomic E-state index is -0.0575. The van der Waals surface area contributed by atoms with Crippen molar-refractivity contribution in [2.75, 3.05) is 6.54 Å². The summed E-state index contributed by atoms with van der Waals surface area (Å²) in [6, 6.07) is 5.67. The van der Waals surface area contributed by atoms with Crippen LogP contribution in [0.1, 0.15) is 75.5 Å². The third-order valence-corrected chi connectivity index (χ3v) is 4.76. The fourth-order valence-corrected chi connectivity index (χ4v) is 3.49. The monoisotopic (exact) mass is 291 g/mol. The van der Waals surface area contributed by atoms with E-state index < -0.39 is 0 Å². The minimum absolute atomic E-state index is 0.0575. The molecular formula is C19H30FN. The molecule has 2 heteroatoms. The van der Waals surface area contributed by atoms with E-state index in [1.807, 2.05) is 19.1 Å². The van der Waals surface area contributed by atoms with E-state index in [0.717, 1.165) is 36.4 Å². The Morgan fingerprint density at radius 3 is 2.71 bits per heavy atom. The van der Waals surface area contributed by atoms with E-state index in [1.165, 1.54) is 38.5 Å². The molecule has 1 aliphatic rings. The maximum absolute atomic E-state index is 14.2. The molecule has 0 amide bonds. The van der Waals surface area contributed by atoms with Gasteiger partial charge in [0.05, 0.1) is 0 Å². The molecule has 1 atom stereocenters. The van der Waals surface area contributed by atoms with Gasteiger partial charge in [0.15, 0.2) is 0 Å². The lowest BCUT2D eigenvalue weighted by Crippen LogP contribution is -2.24. The average molecular weight is 291 g/mol. The molecule has 0 aliphatic heterocycles. The molecule has 0 heterocycles. The second-order valence-electron chi connectivity index (χ2n) is 6.61. The molecule has 0 spiro atoms. The molecule has 0 bridgehead atoms. The van der Waals surface area contributed by atoms with E-state index in [4.69, 9.17) is 0 Å². The molecule has 1 fully saturated rings. The Balaban J connectivity index is 2.00. The summed E-state index contributed by atoms with van der Waals surface area (Å²) in [5.41, 5.74) is 2.01. The van der Waals surface area contributed by atoms with Crippen molar-refractivity contribution in [1.29, 1.82) is 0 Å². The van der Waals surface area contributed by atoms with Crippen LogP contribution in [0.5, 0.6) is 0 Å². The fraction of sp³-hybridized carbons (Fsp3) is 0.684. The minimum Gasteiger partial charge on any atom is -0.310 e. The van der Waals surface area contributed by atoms with Gasteiger partial charge in [-0.25, -0.2) is 4.39 Å². The van der Waals surface area contributed by atoms with Gasteiger partial charge < -0.3 is 5.32 Å². The zero-order valence-electron chi connectivity index (χ0n) is 13.6. The number of hydrogen-bond acceptors (Lipinski definition) is 1. The lowest BCUT2D eigenvalue weighted by molar-refractivity contribution is 0.312. The highest BCUT2D eigenvalue weighted by molar-refractivity contribution is 5.26. The number of rotatable bonds is 7. The van der Waals surface area contributed by atoms with Crippen LogP contribution >= 0.6 is 0 Å². The Bertz CT molecular complexity index is 424. The third kappa shape index (κ3) is 5.10. The Morgan fingerprint density at radius 1 is 1.24 bits per heavy atom. The summed E-state index contributed by atoms with van der Waals surface area (Å²) in [5, 5.41) is 3.55. The quantitative estimate of drug-likeness (QED) is 0.696. The average Bonchev–Trinajstić information content (AvgIpc) is 2.51. The molecule has 1 aromatic carbocycles. The first kappa shape index (κ1) is 16.5. The molecule has 1 unspecified atom stereocenters. The van der Waals surface area contributed by atoms with Crippen molar-refractivity contribution in [2.45, 2.75) is 71.3 Å². The highest BCUT2D eigenvalue weighted by atomic mass is 19.1. The standard InChI is InChI=1S/C19H30FN/c1-3-13-21-19(12-10-16-7-5-4-6-8-16)17-14-15(2)9-11-18(17)20/h9,11,14,16,19,21H,3-8,10,12-13H2,1-2H3. The first-order valence-electron chi connectivity index (χ1n) is 8.70. The highest BCUT2D eigenvalue weighted by Crippen LogP contribution is 2.31. The van der Waals surface area contributed by atoms with Gasteiger partial charge >= 0.3 is 0 Å². The summed E-state index contributed by atoms with van der Waals surface area (Å²) in [4.78, 5) is 0. The van der Waals surface area contributed by atoms with Crippen molar-refractivity contribution >= 4 is 0 Å². The van der Waals surface area contributed by atoms with Crippen LogP contribution in [0.25, 0.3) is 0 Å². The van der Waals surface area contributed by atoms with Crippen molar-refractivity contribution in [3.8, 4) is 0 Å². The first-order chi connectivity index (χ1) is 10.2. The summed E-state index contributed by atoms with van der Waals surface area (Å²) < 4.78 is 14.2. The Morgan fingerprint density at radius 2 is 2.00 bits per heavy atom. The van der Waals surface area contributed by atoms with Crippen molar-refractivity contribution in [3.05, 3.63) is 35.1 Å². The van der Waals surface area contributed by atoms with Gasteiger partial charge in [-0.05, 0) is 44.7 Å².